The molecule has 1 atom stereocenters. The van der Waals surface area contributed by atoms with Gasteiger partial charge in [-0.15, -0.1) is 0 Å². The lowest BCUT2D eigenvalue weighted by Crippen LogP contribution is -2.51. The maximum atomic E-state index is 5.79. The molecule has 3 nitrogen and oxygen atoms in total. The molecule has 3 heteroatoms. The molecule has 0 aliphatic heterocycles. The fourth-order valence-corrected chi connectivity index (χ4v) is 1.76. The highest BCUT2D eigenvalue weighted by molar-refractivity contribution is 4.98. The minimum absolute atomic E-state index is 0.118. The van der Waals surface area contributed by atoms with Crippen LogP contribution in [0.25, 0.3) is 0 Å². The van der Waals surface area contributed by atoms with Crippen molar-refractivity contribution in [3.05, 3.63) is 12.2 Å². The summed E-state index contributed by atoms with van der Waals surface area (Å²) in [5.74, 6) is 0.767. The van der Waals surface area contributed by atoms with Crippen LogP contribution in [-0.2, 0) is 4.74 Å². The van der Waals surface area contributed by atoms with Gasteiger partial charge in [-0.25, -0.2) is 0 Å². The van der Waals surface area contributed by atoms with Crippen LogP contribution in [0.15, 0.2) is 12.2 Å². The van der Waals surface area contributed by atoms with E-state index >= 15 is 0 Å². The first kappa shape index (κ1) is 12.7. The van der Waals surface area contributed by atoms with Crippen LogP contribution in [0.5, 0.6) is 0 Å². The molecule has 0 saturated heterocycles. The Morgan fingerprint density at radius 3 is 2.73 bits per heavy atom. The molecule has 1 fully saturated rings. The van der Waals surface area contributed by atoms with Crippen molar-refractivity contribution < 1.29 is 4.74 Å². The highest BCUT2D eigenvalue weighted by atomic mass is 16.5. The molecule has 0 bridgehead atoms. The Labute approximate surface area is 93.1 Å². The molecule has 1 rings (SSSR count). The van der Waals surface area contributed by atoms with Gasteiger partial charge in [0.15, 0.2) is 0 Å². The number of nitrogens with two attached hydrogens (primary N) is 1. The van der Waals surface area contributed by atoms with Crippen LogP contribution in [0.4, 0.5) is 0 Å². The van der Waals surface area contributed by atoms with Gasteiger partial charge in [0, 0.05) is 18.6 Å². The monoisotopic (exact) mass is 212 g/mol. The third kappa shape index (κ3) is 4.33. The lowest BCUT2D eigenvalue weighted by Gasteiger charge is -2.29. The van der Waals surface area contributed by atoms with Crippen LogP contribution in [0.3, 0.4) is 0 Å². The van der Waals surface area contributed by atoms with Crippen molar-refractivity contribution in [1.82, 2.24) is 5.32 Å². The molecule has 0 amide bonds. The summed E-state index contributed by atoms with van der Waals surface area (Å²) >= 11 is 0. The Balaban J connectivity index is 2.09. The molecule has 1 saturated carbocycles. The fraction of sp³-hybridized carbons (Fsp3) is 0.833. The Hall–Kier alpha value is -0.380. The summed E-state index contributed by atoms with van der Waals surface area (Å²) in [5.41, 5.74) is 6.98. The Kier molecular flexibility index (Phi) is 4.77. The second kappa shape index (κ2) is 5.64. The van der Waals surface area contributed by atoms with E-state index < -0.39 is 0 Å². The van der Waals surface area contributed by atoms with Crippen LogP contribution in [0.1, 0.15) is 26.7 Å². The Bertz CT molecular complexity index is 214. The third-order valence-corrected chi connectivity index (χ3v) is 3.03. The van der Waals surface area contributed by atoms with Gasteiger partial charge in [-0.3, -0.25) is 0 Å². The van der Waals surface area contributed by atoms with Crippen LogP contribution in [0.2, 0.25) is 0 Å². The van der Waals surface area contributed by atoms with Crippen molar-refractivity contribution in [3.8, 4) is 0 Å². The summed E-state index contributed by atoms with van der Waals surface area (Å²) < 4.78 is 5.43. The van der Waals surface area contributed by atoms with Gasteiger partial charge in [0.2, 0.25) is 0 Å². The molecular weight excluding hydrogens is 188 g/mol. The van der Waals surface area contributed by atoms with E-state index in [1.807, 2.05) is 6.92 Å². The van der Waals surface area contributed by atoms with Gasteiger partial charge in [-0.05, 0) is 32.6 Å². The fourth-order valence-electron chi connectivity index (χ4n) is 1.76. The summed E-state index contributed by atoms with van der Waals surface area (Å²) in [6.07, 6.45) is 2.63. The van der Waals surface area contributed by atoms with Gasteiger partial charge < -0.3 is 15.8 Å². The zero-order chi connectivity index (χ0) is 11.3. The zero-order valence-corrected chi connectivity index (χ0v) is 10.0. The van der Waals surface area contributed by atoms with E-state index in [-0.39, 0.29) is 5.54 Å². The molecule has 88 valence electrons. The van der Waals surface area contributed by atoms with Crippen LogP contribution in [0, 0.1) is 5.92 Å². The average Bonchev–Trinajstić information content (AvgIpc) is 3.00. The highest BCUT2D eigenvalue weighted by Gasteiger charge is 2.39. The number of rotatable bonds is 8. The largest absolute Gasteiger partial charge is 0.376 e. The van der Waals surface area contributed by atoms with Gasteiger partial charge in [0.25, 0.3) is 0 Å². The predicted molar refractivity (Wildman–Crippen MR) is 63.8 cm³/mol. The van der Waals surface area contributed by atoms with Crippen LogP contribution < -0.4 is 11.1 Å². The molecule has 3 N–H and O–H groups in total. The first-order valence-electron chi connectivity index (χ1n) is 5.75. The molecule has 0 aromatic carbocycles. The van der Waals surface area contributed by atoms with E-state index in [0.717, 1.165) is 24.6 Å². The van der Waals surface area contributed by atoms with E-state index in [4.69, 9.17) is 10.5 Å². The van der Waals surface area contributed by atoms with Gasteiger partial charge in [0.1, 0.15) is 0 Å². The molecule has 0 spiro atoms. The van der Waals surface area contributed by atoms with Gasteiger partial charge >= 0.3 is 0 Å². The molecule has 0 heterocycles. The number of hydrogen-bond acceptors (Lipinski definition) is 3. The normalized spacial score (nSPS) is 19.9. The number of hydrogen-bond donors (Lipinski definition) is 2. The molecular formula is C12H24N2O. The predicted octanol–water partition coefficient (Wildman–Crippen LogP) is 1.30. The molecule has 0 aromatic rings. The summed E-state index contributed by atoms with van der Waals surface area (Å²) in [6, 6.07) is 0. The lowest BCUT2D eigenvalue weighted by atomic mass is 9.96. The summed E-state index contributed by atoms with van der Waals surface area (Å²) in [7, 11) is 0. The summed E-state index contributed by atoms with van der Waals surface area (Å²) in [6.45, 7) is 10.9. The molecule has 0 radical (unpaired) electrons. The topological polar surface area (TPSA) is 47.3 Å². The average molecular weight is 212 g/mol. The third-order valence-electron chi connectivity index (χ3n) is 3.03. The molecule has 0 aromatic heterocycles. The van der Waals surface area contributed by atoms with Crippen molar-refractivity contribution in [3.63, 3.8) is 0 Å². The minimum atomic E-state index is 0.118. The van der Waals surface area contributed by atoms with E-state index in [2.05, 4.69) is 18.8 Å². The maximum absolute atomic E-state index is 5.79. The SMILES string of the molecule is C=C(C)COCCNC(C)(CN)C1CC1. The Morgan fingerprint density at radius 2 is 2.27 bits per heavy atom. The first-order valence-corrected chi connectivity index (χ1v) is 5.75. The molecule has 1 unspecified atom stereocenters. The zero-order valence-electron chi connectivity index (χ0n) is 10.0. The second-order valence-corrected chi connectivity index (χ2v) is 4.83. The standard InChI is InChI=1S/C12H24N2O/c1-10(2)8-15-7-6-14-12(3,9-13)11-4-5-11/h11,14H,1,4-9,13H2,2-3H3. The van der Waals surface area contributed by atoms with Gasteiger partial charge in [-0.2, -0.15) is 0 Å². The van der Waals surface area contributed by atoms with Gasteiger partial charge in [-0.1, -0.05) is 12.2 Å². The smallest absolute Gasteiger partial charge is 0.0672 e. The van der Waals surface area contributed by atoms with Crippen molar-refractivity contribution in [2.45, 2.75) is 32.2 Å². The van der Waals surface area contributed by atoms with Crippen molar-refractivity contribution in [1.29, 1.82) is 0 Å². The first-order chi connectivity index (χ1) is 7.08. The minimum Gasteiger partial charge on any atom is -0.376 e. The van der Waals surface area contributed by atoms with Crippen molar-refractivity contribution in [2.75, 3.05) is 26.3 Å². The van der Waals surface area contributed by atoms with Gasteiger partial charge in [0.05, 0.1) is 13.2 Å². The maximum Gasteiger partial charge on any atom is 0.0672 e. The molecule has 1 aliphatic rings. The highest BCUT2D eigenvalue weighted by Crippen LogP contribution is 2.38. The van der Waals surface area contributed by atoms with E-state index in [1.54, 1.807) is 0 Å². The summed E-state index contributed by atoms with van der Waals surface area (Å²) in [5, 5.41) is 3.50. The van der Waals surface area contributed by atoms with Crippen LogP contribution in [-0.4, -0.2) is 31.8 Å². The molecule has 1 aliphatic carbocycles. The summed E-state index contributed by atoms with van der Waals surface area (Å²) in [4.78, 5) is 0. The van der Waals surface area contributed by atoms with Crippen molar-refractivity contribution in [2.24, 2.45) is 11.7 Å². The Morgan fingerprint density at radius 1 is 1.60 bits per heavy atom. The molecule has 15 heavy (non-hydrogen) atoms. The van der Waals surface area contributed by atoms with E-state index in [9.17, 15) is 0 Å². The van der Waals surface area contributed by atoms with Crippen LogP contribution >= 0.6 is 0 Å². The van der Waals surface area contributed by atoms with Crippen molar-refractivity contribution >= 4 is 0 Å². The quantitative estimate of drug-likeness (QED) is 0.471. The lowest BCUT2D eigenvalue weighted by molar-refractivity contribution is 0.147. The van der Waals surface area contributed by atoms with E-state index in [1.165, 1.54) is 12.8 Å². The second-order valence-electron chi connectivity index (χ2n) is 4.83. The van der Waals surface area contributed by atoms with E-state index in [0.29, 0.717) is 13.2 Å². The number of nitrogens with one attached hydrogen (secondary N) is 1. The number of ether oxygens (including phenoxy) is 1.